The van der Waals surface area contributed by atoms with Gasteiger partial charge < -0.3 is 25.9 Å². The van der Waals surface area contributed by atoms with Crippen molar-refractivity contribution in [2.75, 3.05) is 12.3 Å². The van der Waals surface area contributed by atoms with Crippen molar-refractivity contribution in [2.45, 2.75) is 13.0 Å². The van der Waals surface area contributed by atoms with Crippen LogP contribution in [0.25, 0.3) is 0 Å². The molecule has 0 fully saturated rings. The van der Waals surface area contributed by atoms with Gasteiger partial charge in [0, 0.05) is 0 Å². The Morgan fingerprint density at radius 3 is 2.69 bits per heavy atom. The highest BCUT2D eigenvalue weighted by Crippen LogP contribution is 2.21. The fourth-order valence-electron chi connectivity index (χ4n) is 2.06. The van der Waals surface area contributed by atoms with Crippen molar-refractivity contribution in [3.63, 3.8) is 0 Å². The molecular formula is C15H15FN4O6. The van der Waals surface area contributed by atoms with Gasteiger partial charge in [0.25, 0.3) is 11.5 Å². The average Bonchev–Trinajstić information content (AvgIpc) is 2.55. The third-order valence-corrected chi connectivity index (χ3v) is 3.26. The van der Waals surface area contributed by atoms with Gasteiger partial charge in [-0.15, -0.1) is 0 Å². The van der Waals surface area contributed by atoms with Crippen LogP contribution >= 0.6 is 0 Å². The lowest BCUT2D eigenvalue weighted by atomic mass is 10.2. The van der Waals surface area contributed by atoms with Gasteiger partial charge in [0.05, 0.1) is 6.04 Å². The highest BCUT2D eigenvalue weighted by molar-refractivity contribution is 5.97. The number of aromatic nitrogens is 2. The maximum absolute atomic E-state index is 13.6. The van der Waals surface area contributed by atoms with Crippen LogP contribution in [0.4, 0.5) is 10.1 Å². The Labute approximate surface area is 144 Å². The first kappa shape index (κ1) is 18.7. The number of hydrogen-bond acceptors (Lipinski definition) is 6. The molecule has 0 radical (unpaired) electrons. The SMILES string of the molecule is C[C@H](COc1cccc(F)c1C(=O)O)NC(=O)c1[nH]c(=O)[nH]c(=O)c1N. The highest BCUT2D eigenvalue weighted by atomic mass is 19.1. The molecule has 0 saturated heterocycles. The number of aromatic carboxylic acids is 1. The molecule has 2 aromatic rings. The van der Waals surface area contributed by atoms with Crippen LogP contribution in [0.2, 0.25) is 0 Å². The lowest BCUT2D eigenvalue weighted by Crippen LogP contribution is -2.40. The van der Waals surface area contributed by atoms with Crippen molar-refractivity contribution in [1.29, 1.82) is 0 Å². The second-order valence-corrected chi connectivity index (χ2v) is 5.30. The number of nitrogens with one attached hydrogen (secondary N) is 3. The third kappa shape index (κ3) is 4.06. The van der Waals surface area contributed by atoms with Crippen molar-refractivity contribution in [1.82, 2.24) is 15.3 Å². The molecule has 0 aliphatic carbocycles. The van der Waals surface area contributed by atoms with Gasteiger partial charge in [0.1, 0.15) is 35.1 Å². The Hall–Kier alpha value is -3.63. The quantitative estimate of drug-likeness (QED) is 0.467. The Morgan fingerprint density at radius 1 is 1.35 bits per heavy atom. The summed E-state index contributed by atoms with van der Waals surface area (Å²) in [6.07, 6.45) is 0. The monoisotopic (exact) mass is 366 g/mol. The summed E-state index contributed by atoms with van der Waals surface area (Å²) in [6.45, 7) is 1.31. The normalized spacial score (nSPS) is 11.6. The number of ether oxygens (including phenoxy) is 1. The fraction of sp³-hybridized carbons (Fsp3) is 0.200. The third-order valence-electron chi connectivity index (χ3n) is 3.26. The number of aromatic amines is 2. The maximum Gasteiger partial charge on any atom is 0.342 e. The van der Waals surface area contributed by atoms with Crippen LogP contribution in [-0.2, 0) is 0 Å². The van der Waals surface area contributed by atoms with Gasteiger partial charge in [-0.25, -0.2) is 14.0 Å². The molecule has 1 aromatic carbocycles. The lowest BCUT2D eigenvalue weighted by Gasteiger charge is -2.16. The predicted molar refractivity (Wildman–Crippen MR) is 87.9 cm³/mol. The summed E-state index contributed by atoms with van der Waals surface area (Å²) in [7, 11) is 0. The number of hydrogen-bond donors (Lipinski definition) is 5. The second kappa shape index (κ2) is 7.51. The van der Waals surface area contributed by atoms with Gasteiger partial charge in [0.2, 0.25) is 0 Å². The second-order valence-electron chi connectivity index (χ2n) is 5.30. The molecule has 1 heterocycles. The number of carboxylic acid groups (broad SMARTS) is 1. The summed E-state index contributed by atoms with van der Waals surface area (Å²) in [4.78, 5) is 49.8. The van der Waals surface area contributed by atoms with Crippen molar-refractivity contribution in [3.05, 3.63) is 56.1 Å². The van der Waals surface area contributed by atoms with Gasteiger partial charge >= 0.3 is 11.7 Å². The first-order valence-corrected chi connectivity index (χ1v) is 7.28. The number of nitrogen functional groups attached to an aromatic ring is 1. The maximum atomic E-state index is 13.6. The summed E-state index contributed by atoms with van der Waals surface area (Å²) < 4.78 is 18.8. The minimum absolute atomic E-state index is 0.206. The van der Waals surface area contributed by atoms with Crippen molar-refractivity contribution in [2.24, 2.45) is 0 Å². The molecule has 0 aliphatic rings. The Morgan fingerprint density at radius 2 is 2.04 bits per heavy atom. The van der Waals surface area contributed by atoms with E-state index in [0.717, 1.165) is 6.07 Å². The Kier molecular flexibility index (Phi) is 5.40. The molecular weight excluding hydrogens is 351 g/mol. The summed E-state index contributed by atoms with van der Waals surface area (Å²) in [5.74, 6) is -3.49. The minimum atomic E-state index is -1.50. The Balaban J connectivity index is 2.09. The number of carboxylic acids is 1. The van der Waals surface area contributed by atoms with Crippen LogP contribution in [-0.4, -0.2) is 39.6 Å². The highest BCUT2D eigenvalue weighted by Gasteiger charge is 2.19. The molecule has 0 unspecified atom stereocenters. The zero-order chi connectivity index (χ0) is 19.4. The van der Waals surface area contributed by atoms with E-state index in [2.05, 4.69) is 10.3 Å². The summed E-state index contributed by atoms with van der Waals surface area (Å²) in [5.41, 5.74) is 2.13. The molecule has 0 spiro atoms. The lowest BCUT2D eigenvalue weighted by molar-refractivity contribution is 0.0684. The van der Waals surface area contributed by atoms with E-state index in [9.17, 15) is 23.6 Å². The van der Waals surface area contributed by atoms with Gasteiger partial charge in [-0.3, -0.25) is 14.6 Å². The first-order valence-electron chi connectivity index (χ1n) is 7.28. The van der Waals surface area contributed by atoms with Crippen molar-refractivity contribution < 1.29 is 23.8 Å². The fourth-order valence-corrected chi connectivity index (χ4v) is 2.06. The molecule has 2 rings (SSSR count). The number of amides is 1. The summed E-state index contributed by atoms with van der Waals surface area (Å²) in [5, 5.41) is 11.4. The van der Waals surface area contributed by atoms with Crippen LogP contribution in [0, 0.1) is 5.82 Å². The van der Waals surface area contributed by atoms with E-state index in [1.165, 1.54) is 19.1 Å². The molecule has 1 amide bonds. The van der Waals surface area contributed by atoms with Crippen LogP contribution in [0.3, 0.4) is 0 Å². The molecule has 138 valence electrons. The topological polar surface area (TPSA) is 167 Å². The van der Waals surface area contributed by atoms with E-state index in [1.807, 2.05) is 4.98 Å². The van der Waals surface area contributed by atoms with E-state index >= 15 is 0 Å². The average molecular weight is 366 g/mol. The van der Waals surface area contributed by atoms with Gasteiger partial charge in [-0.2, -0.15) is 0 Å². The number of rotatable bonds is 6. The number of halogens is 1. The molecule has 6 N–H and O–H groups in total. The standard InChI is InChI=1S/C15H15FN4O6/c1-6(5-26-8-4-2-3-7(16)9(8)14(23)24)18-13(22)11-10(17)12(21)20-15(25)19-11/h2-4,6H,5,17H2,1H3,(H,18,22)(H,23,24)(H2,19,20,21,25)/t6-/m1/s1. The van der Waals surface area contributed by atoms with E-state index in [0.29, 0.717) is 0 Å². The summed E-state index contributed by atoms with van der Waals surface area (Å²) in [6, 6.07) is 2.85. The molecule has 10 nitrogen and oxygen atoms in total. The van der Waals surface area contributed by atoms with Crippen LogP contribution in [0.5, 0.6) is 5.75 Å². The van der Waals surface area contributed by atoms with Crippen molar-refractivity contribution >= 4 is 17.6 Å². The number of anilines is 1. The van der Waals surface area contributed by atoms with Crippen LogP contribution < -0.4 is 27.0 Å². The van der Waals surface area contributed by atoms with Crippen LogP contribution in [0.1, 0.15) is 27.8 Å². The largest absolute Gasteiger partial charge is 0.490 e. The molecule has 1 atom stereocenters. The van der Waals surface area contributed by atoms with E-state index in [-0.39, 0.29) is 12.4 Å². The first-order chi connectivity index (χ1) is 12.2. The van der Waals surface area contributed by atoms with E-state index in [4.69, 9.17) is 15.6 Å². The zero-order valence-corrected chi connectivity index (χ0v) is 13.5. The number of H-pyrrole nitrogens is 2. The van der Waals surface area contributed by atoms with E-state index < -0.39 is 51.9 Å². The van der Waals surface area contributed by atoms with E-state index in [1.54, 1.807) is 0 Å². The van der Waals surface area contributed by atoms with Gasteiger partial charge in [0.15, 0.2) is 0 Å². The number of carbonyl (C=O) groups is 2. The molecule has 0 bridgehead atoms. The number of benzene rings is 1. The summed E-state index contributed by atoms with van der Waals surface area (Å²) >= 11 is 0. The zero-order valence-electron chi connectivity index (χ0n) is 13.5. The molecule has 0 saturated carbocycles. The van der Waals surface area contributed by atoms with Crippen molar-refractivity contribution in [3.8, 4) is 5.75 Å². The molecule has 1 aromatic heterocycles. The van der Waals surface area contributed by atoms with Gasteiger partial charge in [-0.1, -0.05) is 6.07 Å². The van der Waals surface area contributed by atoms with Crippen LogP contribution in [0.15, 0.2) is 27.8 Å². The Bertz CT molecular complexity index is 967. The molecule has 0 aliphatic heterocycles. The smallest absolute Gasteiger partial charge is 0.342 e. The molecule has 26 heavy (non-hydrogen) atoms. The number of carbonyl (C=O) groups excluding carboxylic acids is 1. The van der Waals surface area contributed by atoms with Gasteiger partial charge in [-0.05, 0) is 19.1 Å². The predicted octanol–water partition coefficient (Wildman–Crippen LogP) is -0.320. The molecule has 11 heteroatoms. The minimum Gasteiger partial charge on any atom is -0.490 e. The number of nitrogens with two attached hydrogens (primary N) is 1.